The van der Waals surface area contributed by atoms with Gasteiger partial charge in [0.2, 0.25) is 19.7 Å². The maximum atomic E-state index is 13.5. The minimum absolute atomic E-state index is 0.270. The fourth-order valence-electron chi connectivity index (χ4n) is 5.36. The summed E-state index contributed by atoms with van der Waals surface area (Å²) in [5, 5.41) is 0. The Morgan fingerprint density at radius 3 is 1.37 bits per heavy atom. The van der Waals surface area contributed by atoms with Crippen LogP contribution in [0.1, 0.15) is 20.9 Å². The molecule has 0 saturated heterocycles. The van der Waals surface area contributed by atoms with Gasteiger partial charge in [0.15, 0.2) is 0 Å². The van der Waals surface area contributed by atoms with Crippen molar-refractivity contribution in [2.24, 2.45) is 0 Å². The van der Waals surface area contributed by atoms with E-state index in [1.807, 2.05) is 62.4 Å². The van der Waals surface area contributed by atoms with E-state index in [4.69, 9.17) is 4.74 Å². The van der Waals surface area contributed by atoms with E-state index in [9.17, 15) is 16.8 Å². The third-order valence-electron chi connectivity index (χ3n) is 8.08. The fraction of sp³-hybridized carbons (Fsp3) is 0.128. The monoisotopic (exact) mass is 789 g/mol. The zero-order chi connectivity index (χ0) is 36.3. The van der Waals surface area contributed by atoms with Crippen molar-refractivity contribution in [2.75, 3.05) is 19.6 Å². The lowest BCUT2D eigenvalue weighted by Gasteiger charge is -2.13. The molecule has 3 heterocycles. The third-order valence-corrected chi connectivity index (χ3v) is 16.6. The molecule has 0 aliphatic rings. The van der Waals surface area contributed by atoms with Gasteiger partial charge in [0.25, 0.3) is 0 Å². The number of aromatic nitrogens is 1. The van der Waals surface area contributed by atoms with Gasteiger partial charge in [0.05, 0.1) is 38.0 Å². The minimum Gasteiger partial charge on any atom is -0.497 e. The number of nitrogens with zero attached hydrogens (tertiary/aromatic N) is 1. The van der Waals surface area contributed by atoms with Crippen LogP contribution in [0.5, 0.6) is 5.75 Å². The van der Waals surface area contributed by atoms with Crippen LogP contribution in [-0.4, -0.2) is 41.0 Å². The Bertz CT molecular complexity index is 2300. The van der Waals surface area contributed by atoms with Crippen LogP contribution in [-0.2, 0) is 19.7 Å². The van der Waals surface area contributed by atoms with Crippen molar-refractivity contribution in [3.8, 4) is 32.6 Å². The molecule has 51 heavy (non-hydrogen) atoms. The van der Waals surface area contributed by atoms with E-state index in [2.05, 4.69) is 16.7 Å². The molecule has 0 fully saturated rings. The van der Waals surface area contributed by atoms with Crippen molar-refractivity contribution < 1.29 is 21.6 Å². The lowest BCUT2D eigenvalue weighted by Crippen LogP contribution is -2.02. The zero-order valence-electron chi connectivity index (χ0n) is 28.5. The molecule has 6 nitrogen and oxygen atoms in total. The van der Waals surface area contributed by atoms with E-state index in [-0.39, 0.29) is 18.3 Å². The second-order valence-electron chi connectivity index (χ2n) is 11.5. The molecule has 12 heteroatoms. The highest BCUT2D eigenvalue weighted by Crippen LogP contribution is 2.41. The molecule has 0 saturated carbocycles. The van der Waals surface area contributed by atoms with Crippen LogP contribution in [0, 0.1) is 13.8 Å². The number of ether oxygens (including phenoxy) is 1. The Morgan fingerprint density at radius 2 is 1.00 bits per heavy atom. The first-order valence-electron chi connectivity index (χ1n) is 15.7. The standard InChI is InChI=1S/C39H35NO5S6/c1-26-6-16-32(17-7-26)50(41,42)38(46-4)24-30-14-22-36(48-30)34-20-21-35(40(34)28-10-12-29(45-3)13-11-28)37-23-15-31(49-37)25-39(47-5)51(43,44)33-18-8-27(2)9-19-33/h6-25H,1-5H3/b38-24+,39-25+. The predicted molar refractivity (Wildman–Crippen MR) is 219 cm³/mol. The average Bonchev–Trinajstić information content (AvgIpc) is 3.90. The number of hydrogen-bond donors (Lipinski definition) is 0. The molecule has 0 aliphatic carbocycles. The van der Waals surface area contributed by atoms with Gasteiger partial charge >= 0.3 is 0 Å². The molecule has 3 aromatic carbocycles. The Balaban J connectivity index is 1.39. The number of sulfone groups is 2. The predicted octanol–water partition coefficient (Wildman–Crippen LogP) is 10.8. The van der Waals surface area contributed by atoms with E-state index in [1.54, 1.807) is 80.3 Å². The minimum atomic E-state index is -3.68. The van der Waals surface area contributed by atoms with Gasteiger partial charge in [-0.2, -0.15) is 0 Å². The number of methoxy groups -OCH3 is 1. The van der Waals surface area contributed by atoms with Crippen molar-refractivity contribution >= 4 is 78.0 Å². The summed E-state index contributed by atoms with van der Waals surface area (Å²) in [6, 6.07) is 33.6. The van der Waals surface area contributed by atoms with Crippen molar-refractivity contribution in [1.82, 2.24) is 4.57 Å². The Labute approximate surface area is 316 Å². The van der Waals surface area contributed by atoms with E-state index in [0.717, 1.165) is 53.5 Å². The largest absolute Gasteiger partial charge is 0.497 e. The second kappa shape index (κ2) is 15.4. The van der Waals surface area contributed by atoms with Gasteiger partial charge in [0.1, 0.15) is 14.2 Å². The molecular formula is C39H35NO5S6. The normalized spacial score (nSPS) is 12.7. The van der Waals surface area contributed by atoms with Gasteiger partial charge in [-0.25, -0.2) is 16.8 Å². The molecule has 0 N–H and O–H groups in total. The summed E-state index contributed by atoms with van der Waals surface area (Å²) in [6.07, 6.45) is 7.03. The summed E-state index contributed by atoms with van der Waals surface area (Å²) in [7, 11) is -5.72. The molecule has 0 radical (unpaired) electrons. The maximum Gasteiger partial charge on any atom is 0.212 e. The topological polar surface area (TPSA) is 82.4 Å². The SMILES string of the molecule is COc1ccc(-n2c(-c3ccc(/C=C(\SC)S(=O)(=O)c4ccc(C)cc4)s3)ccc2-c2ccc(/C=C(\SC)S(=O)(=O)c3ccc(C)cc3)s2)cc1. The number of hydrogen-bond acceptors (Lipinski definition) is 9. The average molecular weight is 790 g/mol. The summed E-state index contributed by atoms with van der Waals surface area (Å²) >= 11 is 5.44. The molecular weight excluding hydrogens is 755 g/mol. The van der Waals surface area contributed by atoms with Crippen molar-refractivity contribution in [1.29, 1.82) is 0 Å². The van der Waals surface area contributed by atoms with Crippen molar-refractivity contribution in [2.45, 2.75) is 23.6 Å². The lowest BCUT2D eigenvalue weighted by atomic mass is 10.2. The first-order valence-corrected chi connectivity index (χ1v) is 22.7. The summed E-state index contributed by atoms with van der Waals surface area (Å²) in [4.78, 5) is 4.09. The van der Waals surface area contributed by atoms with Gasteiger partial charge in [-0.3, -0.25) is 0 Å². The maximum absolute atomic E-state index is 13.5. The van der Waals surface area contributed by atoms with Crippen LogP contribution in [0.4, 0.5) is 0 Å². The Hall–Kier alpha value is -3.78. The third kappa shape index (κ3) is 7.86. The van der Waals surface area contributed by atoms with E-state index in [1.165, 1.54) is 46.2 Å². The molecule has 0 amide bonds. The molecule has 0 unspecified atom stereocenters. The summed E-state index contributed by atoms with van der Waals surface area (Å²) in [5.41, 5.74) is 4.78. The van der Waals surface area contributed by atoms with Crippen LogP contribution < -0.4 is 4.74 Å². The highest BCUT2D eigenvalue weighted by atomic mass is 32.3. The number of thioether (sulfide) groups is 2. The Morgan fingerprint density at radius 1 is 0.588 bits per heavy atom. The Kier molecular flexibility index (Phi) is 11.2. The fourth-order valence-corrected chi connectivity index (χ4v) is 12.4. The molecule has 0 bridgehead atoms. The summed E-state index contributed by atoms with van der Waals surface area (Å²) < 4.78 is 62.1. The number of aryl methyl sites for hydroxylation is 2. The van der Waals surface area contributed by atoms with Gasteiger partial charge in [-0.15, -0.1) is 46.2 Å². The van der Waals surface area contributed by atoms with Gasteiger partial charge in [-0.05, 0) is 123 Å². The lowest BCUT2D eigenvalue weighted by molar-refractivity contribution is 0.415. The van der Waals surface area contributed by atoms with Crippen LogP contribution in [0.25, 0.3) is 39.0 Å². The molecule has 0 atom stereocenters. The molecule has 6 aromatic rings. The number of thiophene rings is 2. The number of benzene rings is 3. The van der Waals surface area contributed by atoms with Crippen LogP contribution in [0.2, 0.25) is 0 Å². The van der Waals surface area contributed by atoms with Gasteiger partial charge in [0, 0.05) is 15.4 Å². The summed E-state index contributed by atoms with van der Waals surface area (Å²) in [6.45, 7) is 3.86. The summed E-state index contributed by atoms with van der Waals surface area (Å²) in [5.74, 6) is 0.736. The van der Waals surface area contributed by atoms with Gasteiger partial charge in [-0.1, -0.05) is 35.4 Å². The molecule has 0 spiro atoms. The number of rotatable bonds is 12. The smallest absolute Gasteiger partial charge is 0.212 e. The van der Waals surface area contributed by atoms with Crippen molar-refractivity contribution in [3.05, 3.63) is 139 Å². The molecule has 3 aromatic heterocycles. The zero-order valence-corrected chi connectivity index (χ0v) is 33.4. The highest BCUT2D eigenvalue weighted by Gasteiger charge is 2.23. The van der Waals surface area contributed by atoms with Crippen molar-refractivity contribution in [3.63, 3.8) is 0 Å². The first kappa shape index (κ1) is 37.0. The van der Waals surface area contributed by atoms with Crippen LogP contribution >= 0.6 is 46.2 Å². The quantitative estimate of drug-likeness (QED) is 0.122. The second-order valence-corrected chi connectivity index (χ2v) is 19.8. The molecule has 6 rings (SSSR count). The van der Waals surface area contributed by atoms with E-state index in [0.29, 0.717) is 0 Å². The van der Waals surface area contributed by atoms with E-state index < -0.39 is 19.7 Å². The van der Waals surface area contributed by atoms with Crippen LogP contribution in [0.3, 0.4) is 0 Å². The first-order chi connectivity index (χ1) is 24.4. The highest BCUT2D eigenvalue weighted by molar-refractivity contribution is 8.19. The molecule has 262 valence electrons. The van der Waals surface area contributed by atoms with E-state index >= 15 is 0 Å². The van der Waals surface area contributed by atoms with Crippen LogP contribution in [0.15, 0.2) is 127 Å². The van der Waals surface area contributed by atoms with Gasteiger partial charge < -0.3 is 9.30 Å². The molecule has 0 aliphatic heterocycles.